The van der Waals surface area contributed by atoms with Gasteiger partial charge in [0.2, 0.25) is 0 Å². The average molecular weight is 234 g/mol. The van der Waals surface area contributed by atoms with Gasteiger partial charge in [-0.25, -0.2) is 9.18 Å². The van der Waals surface area contributed by atoms with Gasteiger partial charge in [-0.1, -0.05) is 0 Å². The fourth-order valence-electron chi connectivity index (χ4n) is 1.06. The van der Waals surface area contributed by atoms with Crippen LogP contribution >= 0.6 is 0 Å². The van der Waals surface area contributed by atoms with Gasteiger partial charge in [0.25, 0.3) is 0 Å². The van der Waals surface area contributed by atoms with E-state index in [-0.39, 0.29) is 6.29 Å². The van der Waals surface area contributed by atoms with E-state index in [1.54, 1.807) is 0 Å². The van der Waals surface area contributed by atoms with E-state index < -0.39 is 35.3 Å². The maximum absolute atomic E-state index is 13.3. The molecule has 0 spiro atoms. The number of alkyl halides is 2. The summed E-state index contributed by atoms with van der Waals surface area (Å²) in [7, 11) is 0. The molecular formula is C9H5F3O4. The summed E-state index contributed by atoms with van der Waals surface area (Å²) >= 11 is 0. The minimum Gasteiger partial charge on any atom is -0.477 e. The van der Waals surface area contributed by atoms with Crippen molar-refractivity contribution in [1.82, 2.24) is 0 Å². The molecule has 0 aliphatic heterocycles. The second-order valence-corrected chi connectivity index (χ2v) is 2.64. The number of carbonyl (C=O) groups is 2. The highest BCUT2D eigenvalue weighted by Gasteiger charge is 2.22. The third kappa shape index (κ3) is 2.30. The number of carboxylic acid groups (broad SMARTS) is 1. The molecule has 0 radical (unpaired) electrons. The van der Waals surface area contributed by atoms with Gasteiger partial charge < -0.3 is 9.84 Å². The van der Waals surface area contributed by atoms with Crippen molar-refractivity contribution in [2.24, 2.45) is 0 Å². The molecule has 0 amide bonds. The molecule has 4 nitrogen and oxygen atoms in total. The van der Waals surface area contributed by atoms with Crippen molar-refractivity contribution in [3.63, 3.8) is 0 Å². The number of hydrogen-bond acceptors (Lipinski definition) is 3. The summed E-state index contributed by atoms with van der Waals surface area (Å²) < 4.78 is 40.9. The van der Waals surface area contributed by atoms with Crippen LogP contribution in [0.2, 0.25) is 0 Å². The zero-order valence-electron chi connectivity index (χ0n) is 7.62. The third-order valence-corrected chi connectivity index (χ3v) is 1.69. The highest BCUT2D eigenvalue weighted by molar-refractivity contribution is 5.93. The van der Waals surface area contributed by atoms with E-state index in [2.05, 4.69) is 4.74 Å². The Morgan fingerprint density at radius 3 is 2.50 bits per heavy atom. The van der Waals surface area contributed by atoms with E-state index >= 15 is 0 Å². The number of carbonyl (C=O) groups excluding carboxylic acids is 1. The van der Waals surface area contributed by atoms with Crippen LogP contribution < -0.4 is 4.74 Å². The Morgan fingerprint density at radius 1 is 1.44 bits per heavy atom. The molecule has 1 rings (SSSR count). The molecule has 86 valence electrons. The molecule has 7 heteroatoms. The van der Waals surface area contributed by atoms with Gasteiger partial charge in [0.1, 0.15) is 11.3 Å². The van der Waals surface area contributed by atoms with Crippen molar-refractivity contribution >= 4 is 12.3 Å². The van der Waals surface area contributed by atoms with Crippen LogP contribution in [0.3, 0.4) is 0 Å². The van der Waals surface area contributed by atoms with Crippen molar-refractivity contribution in [1.29, 1.82) is 0 Å². The lowest BCUT2D eigenvalue weighted by Crippen LogP contribution is -2.11. The van der Waals surface area contributed by atoms with Gasteiger partial charge in [-0.15, -0.1) is 0 Å². The van der Waals surface area contributed by atoms with Crippen LogP contribution in [-0.4, -0.2) is 24.0 Å². The highest BCUT2D eigenvalue weighted by Crippen LogP contribution is 2.25. The number of halogens is 3. The van der Waals surface area contributed by atoms with Crippen LogP contribution in [0.1, 0.15) is 20.7 Å². The summed E-state index contributed by atoms with van der Waals surface area (Å²) in [6, 6.07) is 1.65. The van der Waals surface area contributed by atoms with Gasteiger partial charge in [-0.3, -0.25) is 4.79 Å². The standard InChI is InChI=1S/C9H5F3O4/c10-7-4(3-13)1-2-5(16-9(11)12)6(7)8(14)15/h1-3,9H,(H,14,15). The van der Waals surface area contributed by atoms with E-state index in [0.29, 0.717) is 0 Å². The quantitative estimate of drug-likeness (QED) is 0.808. The lowest BCUT2D eigenvalue weighted by atomic mass is 10.1. The molecule has 0 aliphatic rings. The molecule has 0 saturated carbocycles. The lowest BCUT2D eigenvalue weighted by molar-refractivity contribution is -0.0505. The number of benzene rings is 1. The fraction of sp³-hybridized carbons (Fsp3) is 0.111. The molecule has 0 saturated heterocycles. The number of carboxylic acids is 1. The summed E-state index contributed by atoms with van der Waals surface area (Å²) in [6.07, 6.45) is 0.0773. The molecule has 0 aliphatic carbocycles. The van der Waals surface area contributed by atoms with Gasteiger partial charge in [0, 0.05) is 0 Å². The second kappa shape index (κ2) is 4.65. The first kappa shape index (κ1) is 12.0. The predicted molar refractivity (Wildman–Crippen MR) is 45.4 cm³/mol. The van der Waals surface area contributed by atoms with Crippen molar-refractivity contribution < 1.29 is 32.6 Å². The molecule has 0 unspecified atom stereocenters. The molecule has 1 aromatic rings. The Balaban J connectivity index is 3.34. The minimum absolute atomic E-state index is 0.0773. The Bertz CT molecular complexity index is 431. The molecule has 0 atom stereocenters. The molecular weight excluding hydrogens is 229 g/mol. The lowest BCUT2D eigenvalue weighted by Gasteiger charge is -2.09. The predicted octanol–water partition coefficient (Wildman–Crippen LogP) is 1.94. The van der Waals surface area contributed by atoms with E-state index in [0.717, 1.165) is 12.1 Å². The van der Waals surface area contributed by atoms with Gasteiger partial charge in [-0.2, -0.15) is 8.78 Å². The average Bonchev–Trinajstić information content (AvgIpc) is 2.16. The first-order chi connectivity index (χ1) is 7.47. The Kier molecular flexibility index (Phi) is 3.49. The monoisotopic (exact) mass is 234 g/mol. The number of aromatic carboxylic acids is 1. The van der Waals surface area contributed by atoms with E-state index in [4.69, 9.17) is 5.11 Å². The summed E-state index contributed by atoms with van der Waals surface area (Å²) in [6.45, 7) is -3.28. The van der Waals surface area contributed by atoms with Crippen LogP contribution in [0.25, 0.3) is 0 Å². The Morgan fingerprint density at radius 2 is 2.06 bits per heavy atom. The maximum Gasteiger partial charge on any atom is 0.387 e. The van der Waals surface area contributed by atoms with Crippen molar-refractivity contribution in [3.05, 3.63) is 29.1 Å². The van der Waals surface area contributed by atoms with Gasteiger partial charge in [0.15, 0.2) is 12.1 Å². The first-order valence-electron chi connectivity index (χ1n) is 3.93. The summed E-state index contributed by atoms with van der Waals surface area (Å²) in [5.74, 6) is -4.02. The Hall–Kier alpha value is -2.05. The fourth-order valence-corrected chi connectivity index (χ4v) is 1.06. The maximum atomic E-state index is 13.3. The number of rotatable bonds is 4. The SMILES string of the molecule is O=Cc1ccc(OC(F)F)c(C(=O)O)c1F. The van der Waals surface area contributed by atoms with Crippen LogP contribution in [-0.2, 0) is 0 Å². The smallest absolute Gasteiger partial charge is 0.387 e. The molecule has 0 bridgehead atoms. The number of ether oxygens (including phenoxy) is 1. The molecule has 0 fully saturated rings. The van der Waals surface area contributed by atoms with Crippen LogP contribution in [0.4, 0.5) is 13.2 Å². The van der Waals surface area contributed by atoms with Gasteiger partial charge >= 0.3 is 12.6 Å². The van der Waals surface area contributed by atoms with E-state index in [9.17, 15) is 22.8 Å². The molecule has 1 N–H and O–H groups in total. The summed E-state index contributed by atoms with van der Waals surface area (Å²) in [4.78, 5) is 20.9. The normalized spacial score (nSPS) is 10.2. The summed E-state index contributed by atoms with van der Waals surface area (Å²) in [5.41, 5.74) is -1.64. The molecule has 16 heavy (non-hydrogen) atoms. The first-order valence-corrected chi connectivity index (χ1v) is 3.93. The van der Waals surface area contributed by atoms with Crippen LogP contribution in [0, 0.1) is 5.82 Å². The number of hydrogen-bond donors (Lipinski definition) is 1. The van der Waals surface area contributed by atoms with Crippen LogP contribution in [0.15, 0.2) is 12.1 Å². The van der Waals surface area contributed by atoms with Crippen molar-refractivity contribution in [2.45, 2.75) is 6.61 Å². The topological polar surface area (TPSA) is 63.6 Å². The van der Waals surface area contributed by atoms with E-state index in [1.807, 2.05) is 0 Å². The second-order valence-electron chi connectivity index (χ2n) is 2.64. The zero-order chi connectivity index (χ0) is 12.3. The molecule has 0 aromatic heterocycles. The summed E-state index contributed by atoms with van der Waals surface area (Å²) in [5, 5.41) is 8.60. The van der Waals surface area contributed by atoms with Crippen LogP contribution in [0.5, 0.6) is 5.75 Å². The van der Waals surface area contributed by atoms with E-state index in [1.165, 1.54) is 0 Å². The largest absolute Gasteiger partial charge is 0.477 e. The van der Waals surface area contributed by atoms with Crippen molar-refractivity contribution in [3.8, 4) is 5.75 Å². The highest BCUT2D eigenvalue weighted by atomic mass is 19.3. The zero-order valence-corrected chi connectivity index (χ0v) is 7.62. The van der Waals surface area contributed by atoms with Crippen molar-refractivity contribution in [2.75, 3.05) is 0 Å². The molecule has 1 aromatic carbocycles. The minimum atomic E-state index is -3.28. The van der Waals surface area contributed by atoms with Gasteiger partial charge in [-0.05, 0) is 12.1 Å². The molecule has 0 heterocycles. The third-order valence-electron chi connectivity index (χ3n) is 1.69. The van der Waals surface area contributed by atoms with Gasteiger partial charge in [0.05, 0.1) is 5.56 Å². The number of aldehydes is 1. The Labute approximate surface area is 87.3 Å².